The Morgan fingerprint density at radius 1 is 0.688 bits per heavy atom. The first-order valence-corrected chi connectivity index (χ1v) is 10.5. The minimum absolute atomic E-state index is 0.471. The summed E-state index contributed by atoms with van der Waals surface area (Å²) < 4.78 is 13.8. The number of imidazole rings is 1. The van der Waals surface area contributed by atoms with Crippen molar-refractivity contribution in [3.8, 4) is 0 Å². The number of pyridine rings is 1. The van der Waals surface area contributed by atoms with Crippen LogP contribution in [0.5, 0.6) is 0 Å². The summed E-state index contributed by atoms with van der Waals surface area (Å²) in [7, 11) is -0.545. The van der Waals surface area contributed by atoms with Crippen molar-refractivity contribution in [3.63, 3.8) is 0 Å². The zero-order valence-corrected chi connectivity index (χ0v) is 17.2. The van der Waals surface area contributed by atoms with Crippen LogP contribution in [0.1, 0.15) is 0 Å². The Morgan fingerprint density at radius 2 is 1.38 bits per heavy atom. The fourth-order valence-electron chi connectivity index (χ4n) is 4.76. The Balaban J connectivity index is 1.66. The standard InChI is InChI=1S/C27H17BN2O2/c1-16-17(2)32-28(31-16)20-11-12-21-22-13-18-7-3-4-8-19(18)14-23(22)27-29-24-9-5-6-10-25(24)30(27)26(21)15-20/h3-15H,1-2H2. The molecule has 2 aromatic heterocycles. The highest BCUT2D eigenvalue weighted by atomic mass is 16.6. The number of hydrogen-bond acceptors (Lipinski definition) is 3. The minimum Gasteiger partial charge on any atom is -0.520 e. The molecule has 0 amide bonds. The van der Waals surface area contributed by atoms with Crippen molar-refractivity contribution in [1.29, 1.82) is 0 Å². The summed E-state index contributed by atoms with van der Waals surface area (Å²) in [6, 6.07) is 27.5. The number of benzene rings is 4. The maximum Gasteiger partial charge on any atom is 0.632 e. The second kappa shape index (κ2) is 6.14. The lowest BCUT2D eigenvalue weighted by Gasteiger charge is -2.12. The molecule has 0 radical (unpaired) electrons. The highest BCUT2D eigenvalue weighted by molar-refractivity contribution is 6.63. The molecule has 32 heavy (non-hydrogen) atoms. The summed E-state index contributed by atoms with van der Waals surface area (Å²) in [6.45, 7) is 7.73. The van der Waals surface area contributed by atoms with Crippen LogP contribution in [0.2, 0.25) is 0 Å². The molecule has 1 fully saturated rings. The molecule has 0 aliphatic carbocycles. The van der Waals surface area contributed by atoms with Gasteiger partial charge in [0, 0.05) is 16.2 Å². The minimum atomic E-state index is -0.545. The molecule has 0 atom stereocenters. The summed E-state index contributed by atoms with van der Waals surface area (Å²) in [5.74, 6) is 0.941. The molecule has 5 heteroatoms. The molecule has 0 bridgehead atoms. The molecule has 4 aromatic carbocycles. The summed E-state index contributed by atoms with van der Waals surface area (Å²) in [5.41, 5.74) is 4.95. The maximum absolute atomic E-state index is 5.79. The molecular formula is C27H17BN2O2. The molecular weight excluding hydrogens is 395 g/mol. The molecule has 1 aliphatic heterocycles. The number of aromatic nitrogens is 2. The molecule has 0 unspecified atom stereocenters. The van der Waals surface area contributed by atoms with Gasteiger partial charge in [0.1, 0.15) is 17.2 Å². The van der Waals surface area contributed by atoms with Crippen molar-refractivity contribution in [3.05, 3.63) is 104 Å². The van der Waals surface area contributed by atoms with E-state index in [2.05, 4.69) is 84.3 Å². The van der Waals surface area contributed by atoms with Crippen LogP contribution in [-0.2, 0) is 9.31 Å². The van der Waals surface area contributed by atoms with Crippen LogP contribution in [0.25, 0.3) is 49.1 Å². The number of para-hydroxylation sites is 2. The lowest BCUT2D eigenvalue weighted by molar-refractivity contribution is 0.431. The average molecular weight is 412 g/mol. The van der Waals surface area contributed by atoms with Crippen molar-refractivity contribution in [2.75, 3.05) is 0 Å². The van der Waals surface area contributed by atoms with Gasteiger partial charge in [-0.3, -0.25) is 4.40 Å². The Labute approximate surface area is 184 Å². The van der Waals surface area contributed by atoms with Gasteiger partial charge in [-0.05, 0) is 46.5 Å². The molecule has 4 nitrogen and oxygen atoms in total. The van der Waals surface area contributed by atoms with E-state index in [0.717, 1.165) is 38.4 Å². The van der Waals surface area contributed by atoms with Gasteiger partial charge in [0.25, 0.3) is 0 Å². The lowest BCUT2D eigenvalue weighted by Crippen LogP contribution is -2.31. The number of hydrogen-bond donors (Lipinski definition) is 0. The number of nitrogens with zero attached hydrogens (tertiary/aromatic N) is 2. The Morgan fingerprint density at radius 3 is 2.16 bits per heavy atom. The predicted molar refractivity (Wildman–Crippen MR) is 131 cm³/mol. The van der Waals surface area contributed by atoms with Gasteiger partial charge in [-0.25, -0.2) is 4.98 Å². The molecule has 6 aromatic rings. The molecule has 0 saturated carbocycles. The van der Waals surface area contributed by atoms with Crippen LogP contribution in [0.4, 0.5) is 0 Å². The maximum atomic E-state index is 5.79. The van der Waals surface area contributed by atoms with Gasteiger partial charge in [0.2, 0.25) is 0 Å². The molecule has 0 spiro atoms. The van der Waals surface area contributed by atoms with Crippen molar-refractivity contribution in [2.24, 2.45) is 0 Å². The van der Waals surface area contributed by atoms with Crippen molar-refractivity contribution in [1.82, 2.24) is 9.38 Å². The first-order chi connectivity index (χ1) is 15.7. The van der Waals surface area contributed by atoms with Gasteiger partial charge >= 0.3 is 7.12 Å². The van der Waals surface area contributed by atoms with Crippen LogP contribution in [-0.4, -0.2) is 16.5 Å². The first kappa shape index (κ1) is 17.4. The van der Waals surface area contributed by atoms with Crippen molar-refractivity contribution < 1.29 is 9.31 Å². The fourth-order valence-corrected chi connectivity index (χ4v) is 4.76. The quantitative estimate of drug-likeness (QED) is 0.197. The Bertz CT molecular complexity index is 1770. The molecule has 1 aliphatic rings. The van der Waals surface area contributed by atoms with E-state index in [1.165, 1.54) is 16.2 Å². The Kier molecular flexibility index (Phi) is 3.35. The van der Waals surface area contributed by atoms with E-state index in [1.54, 1.807) is 0 Å². The molecule has 0 N–H and O–H groups in total. The van der Waals surface area contributed by atoms with Crippen molar-refractivity contribution >= 4 is 61.7 Å². The largest absolute Gasteiger partial charge is 0.632 e. The zero-order chi connectivity index (χ0) is 21.4. The number of rotatable bonds is 1. The third-order valence-corrected chi connectivity index (χ3v) is 6.32. The molecule has 150 valence electrons. The van der Waals surface area contributed by atoms with Gasteiger partial charge in [0.05, 0.1) is 16.6 Å². The lowest BCUT2D eigenvalue weighted by atomic mass is 9.79. The summed E-state index contributed by atoms with van der Waals surface area (Å²) in [4.78, 5) is 5.02. The summed E-state index contributed by atoms with van der Waals surface area (Å²) in [6.07, 6.45) is 0. The van der Waals surface area contributed by atoms with Gasteiger partial charge in [0.15, 0.2) is 0 Å². The molecule has 7 rings (SSSR count). The van der Waals surface area contributed by atoms with E-state index in [4.69, 9.17) is 14.3 Å². The van der Waals surface area contributed by atoms with Crippen LogP contribution >= 0.6 is 0 Å². The monoisotopic (exact) mass is 412 g/mol. The van der Waals surface area contributed by atoms with E-state index in [9.17, 15) is 0 Å². The van der Waals surface area contributed by atoms with Crippen LogP contribution in [0, 0.1) is 0 Å². The Hall–Kier alpha value is -4.25. The first-order valence-electron chi connectivity index (χ1n) is 10.5. The van der Waals surface area contributed by atoms with E-state index in [0.29, 0.717) is 11.5 Å². The van der Waals surface area contributed by atoms with Gasteiger partial charge in [-0.1, -0.05) is 61.7 Å². The van der Waals surface area contributed by atoms with Crippen LogP contribution < -0.4 is 5.46 Å². The summed E-state index contributed by atoms with van der Waals surface area (Å²) >= 11 is 0. The zero-order valence-electron chi connectivity index (χ0n) is 17.2. The van der Waals surface area contributed by atoms with E-state index >= 15 is 0 Å². The van der Waals surface area contributed by atoms with Crippen LogP contribution in [0.3, 0.4) is 0 Å². The predicted octanol–water partition coefficient (Wildman–Crippen LogP) is 5.72. The molecule has 1 saturated heterocycles. The van der Waals surface area contributed by atoms with Gasteiger partial charge in [-0.2, -0.15) is 0 Å². The second-order valence-corrected chi connectivity index (χ2v) is 8.20. The third-order valence-electron chi connectivity index (χ3n) is 6.32. The topological polar surface area (TPSA) is 35.8 Å². The highest BCUT2D eigenvalue weighted by Crippen LogP contribution is 2.34. The van der Waals surface area contributed by atoms with E-state index in [1.807, 2.05) is 12.1 Å². The van der Waals surface area contributed by atoms with E-state index < -0.39 is 7.12 Å². The average Bonchev–Trinajstić information content (AvgIpc) is 3.38. The SMILES string of the molecule is C=C1OB(c2ccc3c4cc5ccccc5cc4c4nc5ccccc5n4c3c2)OC1=C. The van der Waals surface area contributed by atoms with Gasteiger partial charge in [-0.15, -0.1) is 0 Å². The normalized spacial score (nSPS) is 14.2. The molecule has 3 heterocycles. The third kappa shape index (κ3) is 2.30. The van der Waals surface area contributed by atoms with Gasteiger partial charge < -0.3 is 9.31 Å². The smallest absolute Gasteiger partial charge is 0.520 e. The fraction of sp³-hybridized carbons (Fsp3) is 0. The number of fused-ring (bicyclic) bond motifs is 9. The second-order valence-electron chi connectivity index (χ2n) is 8.20. The van der Waals surface area contributed by atoms with Crippen LogP contribution in [0.15, 0.2) is 104 Å². The van der Waals surface area contributed by atoms with Crippen molar-refractivity contribution in [2.45, 2.75) is 0 Å². The highest BCUT2D eigenvalue weighted by Gasteiger charge is 2.34. The summed E-state index contributed by atoms with van der Waals surface area (Å²) in [5, 5.41) is 5.88. The van der Waals surface area contributed by atoms with E-state index in [-0.39, 0.29) is 0 Å².